The van der Waals surface area contributed by atoms with Gasteiger partial charge < -0.3 is 10.0 Å². The van der Waals surface area contributed by atoms with Crippen molar-refractivity contribution in [2.75, 3.05) is 19.8 Å². The summed E-state index contributed by atoms with van der Waals surface area (Å²) in [5.41, 5.74) is 1.76. The first-order valence-electron chi connectivity index (χ1n) is 5.59. The van der Waals surface area contributed by atoms with E-state index in [1.165, 1.54) is 10.5 Å². The minimum Gasteiger partial charge on any atom is -0.481 e. The summed E-state index contributed by atoms with van der Waals surface area (Å²) in [5, 5.41) is 8.57. The molecule has 0 atom stereocenters. The molecule has 1 N–H and O–H groups in total. The van der Waals surface area contributed by atoms with Crippen molar-refractivity contribution in [1.29, 1.82) is 0 Å². The molecule has 0 heterocycles. The predicted molar refractivity (Wildman–Crippen MR) is 72.9 cm³/mol. The molecule has 0 saturated heterocycles. The molecular weight excluding hydrogens is 250 g/mol. The van der Waals surface area contributed by atoms with Crippen molar-refractivity contribution in [2.45, 2.75) is 12.2 Å². The number of nitrogens with zero attached hydrogens (tertiary/aromatic N) is 1. The third-order valence-electron chi connectivity index (χ3n) is 2.52. The van der Waals surface area contributed by atoms with Gasteiger partial charge in [-0.25, -0.2) is 0 Å². The number of rotatable bonds is 6. The summed E-state index contributed by atoms with van der Waals surface area (Å²) in [4.78, 5) is 23.8. The van der Waals surface area contributed by atoms with Crippen LogP contribution in [-0.4, -0.2) is 41.7 Å². The Morgan fingerprint density at radius 1 is 1.28 bits per heavy atom. The summed E-state index contributed by atoms with van der Waals surface area (Å²) in [5.74, 6) is -0.125. The molecule has 0 unspecified atom stereocenters. The molecule has 18 heavy (non-hydrogen) atoms. The van der Waals surface area contributed by atoms with Crippen LogP contribution in [-0.2, 0) is 10.5 Å². The number of hydrogen-bond acceptors (Lipinski definition) is 3. The van der Waals surface area contributed by atoms with Crippen LogP contribution in [0.15, 0.2) is 24.3 Å². The van der Waals surface area contributed by atoms with Gasteiger partial charge in [-0.05, 0) is 24.0 Å². The standard InChI is InChI=1S/C13H17NO3S/c1-14(8-7-12(15)16)13(17)11-5-3-10(4-6-11)9-18-2/h3-6H,7-9H2,1-2H3,(H,15,16). The maximum absolute atomic E-state index is 12.0. The van der Waals surface area contributed by atoms with Gasteiger partial charge in [0.2, 0.25) is 0 Å². The number of hydrogen-bond donors (Lipinski definition) is 1. The Morgan fingerprint density at radius 2 is 1.89 bits per heavy atom. The lowest BCUT2D eigenvalue weighted by Gasteiger charge is -2.16. The average Bonchev–Trinajstić information content (AvgIpc) is 2.36. The lowest BCUT2D eigenvalue weighted by Crippen LogP contribution is -2.28. The van der Waals surface area contributed by atoms with Crippen molar-refractivity contribution < 1.29 is 14.7 Å². The summed E-state index contributed by atoms with van der Waals surface area (Å²) in [7, 11) is 1.61. The molecule has 98 valence electrons. The van der Waals surface area contributed by atoms with Crippen LogP contribution in [0.25, 0.3) is 0 Å². The Labute approximate surface area is 111 Å². The quantitative estimate of drug-likeness (QED) is 0.857. The fourth-order valence-electron chi connectivity index (χ4n) is 1.50. The van der Waals surface area contributed by atoms with Gasteiger partial charge in [0.1, 0.15) is 0 Å². The van der Waals surface area contributed by atoms with E-state index in [9.17, 15) is 9.59 Å². The maximum Gasteiger partial charge on any atom is 0.305 e. The molecular formula is C13H17NO3S. The van der Waals surface area contributed by atoms with E-state index >= 15 is 0 Å². The lowest BCUT2D eigenvalue weighted by molar-refractivity contribution is -0.137. The third-order valence-corrected chi connectivity index (χ3v) is 3.14. The van der Waals surface area contributed by atoms with E-state index in [0.717, 1.165) is 5.75 Å². The second kappa shape index (κ2) is 7.06. The van der Waals surface area contributed by atoms with Crippen molar-refractivity contribution in [3.05, 3.63) is 35.4 Å². The fraction of sp³-hybridized carbons (Fsp3) is 0.385. The van der Waals surface area contributed by atoms with Gasteiger partial charge in [-0.2, -0.15) is 11.8 Å². The van der Waals surface area contributed by atoms with Gasteiger partial charge in [0, 0.05) is 24.9 Å². The zero-order chi connectivity index (χ0) is 13.5. The molecule has 4 nitrogen and oxygen atoms in total. The predicted octanol–water partition coefficient (Wildman–Crippen LogP) is 2.10. The van der Waals surface area contributed by atoms with Crippen molar-refractivity contribution in [2.24, 2.45) is 0 Å². The van der Waals surface area contributed by atoms with Crippen LogP contribution in [0.5, 0.6) is 0 Å². The number of carbonyl (C=O) groups is 2. The van der Waals surface area contributed by atoms with Gasteiger partial charge in [-0.1, -0.05) is 12.1 Å². The van der Waals surface area contributed by atoms with Crippen LogP contribution in [0.2, 0.25) is 0 Å². The number of amides is 1. The Morgan fingerprint density at radius 3 is 2.39 bits per heavy atom. The molecule has 0 aliphatic heterocycles. The Balaban J connectivity index is 2.62. The van der Waals surface area contributed by atoms with Crippen LogP contribution in [0.1, 0.15) is 22.3 Å². The van der Waals surface area contributed by atoms with E-state index in [4.69, 9.17) is 5.11 Å². The highest BCUT2D eigenvalue weighted by Crippen LogP contribution is 2.11. The number of benzene rings is 1. The zero-order valence-electron chi connectivity index (χ0n) is 10.5. The van der Waals surface area contributed by atoms with Crippen molar-refractivity contribution in [3.8, 4) is 0 Å². The molecule has 0 radical (unpaired) electrons. The summed E-state index contributed by atoms with van der Waals surface area (Å²) in [6, 6.07) is 7.42. The highest BCUT2D eigenvalue weighted by atomic mass is 32.2. The van der Waals surface area contributed by atoms with Crippen LogP contribution >= 0.6 is 11.8 Å². The maximum atomic E-state index is 12.0. The lowest BCUT2D eigenvalue weighted by atomic mass is 10.1. The summed E-state index contributed by atoms with van der Waals surface area (Å²) in [6.07, 6.45) is 1.99. The number of carboxylic acids is 1. The van der Waals surface area contributed by atoms with E-state index in [0.29, 0.717) is 5.56 Å². The van der Waals surface area contributed by atoms with Crippen molar-refractivity contribution in [1.82, 2.24) is 4.90 Å². The highest BCUT2D eigenvalue weighted by molar-refractivity contribution is 7.97. The molecule has 1 aromatic rings. The van der Waals surface area contributed by atoms with Gasteiger partial charge in [-0.3, -0.25) is 9.59 Å². The molecule has 0 spiro atoms. The van der Waals surface area contributed by atoms with Crippen LogP contribution in [0, 0.1) is 0 Å². The monoisotopic (exact) mass is 267 g/mol. The smallest absolute Gasteiger partial charge is 0.305 e. The number of carbonyl (C=O) groups excluding carboxylic acids is 1. The van der Waals surface area contributed by atoms with E-state index in [-0.39, 0.29) is 18.9 Å². The van der Waals surface area contributed by atoms with Gasteiger partial charge >= 0.3 is 5.97 Å². The molecule has 1 rings (SSSR count). The summed E-state index contributed by atoms with van der Waals surface area (Å²) < 4.78 is 0. The topological polar surface area (TPSA) is 57.6 Å². The normalized spacial score (nSPS) is 10.1. The van der Waals surface area contributed by atoms with Gasteiger partial charge in [0.15, 0.2) is 0 Å². The second-order valence-electron chi connectivity index (χ2n) is 4.00. The first-order valence-corrected chi connectivity index (χ1v) is 6.99. The van der Waals surface area contributed by atoms with E-state index in [1.54, 1.807) is 30.9 Å². The summed E-state index contributed by atoms with van der Waals surface area (Å²) >= 11 is 1.73. The number of thioether (sulfide) groups is 1. The third kappa shape index (κ3) is 4.41. The van der Waals surface area contributed by atoms with Crippen molar-refractivity contribution >= 4 is 23.6 Å². The molecule has 0 saturated carbocycles. The summed E-state index contributed by atoms with van der Waals surface area (Å²) in [6.45, 7) is 0.223. The van der Waals surface area contributed by atoms with Gasteiger partial charge in [-0.15, -0.1) is 0 Å². The van der Waals surface area contributed by atoms with Gasteiger partial charge in [0.25, 0.3) is 5.91 Å². The minimum absolute atomic E-state index is 0.0349. The molecule has 0 aliphatic rings. The SMILES string of the molecule is CSCc1ccc(C(=O)N(C)CCC(=O)O)cc1. The largest absolute Gasteiger partial charge is 0.481 e. The molecule has 1 aromatic carbocycles. The number of carboxylic acid groups (broad SMARTS) is 1. The minimum atomic E-state index is -0.898. The van der Waals surface area contributed by atoms with E-state index < -0.39 is 5.97 Å². The first-order chi connectivity index (χ1) is 8.54. The molecule has 5 heteroatoms. The first kappa shape index (κ1) is 14.6. The fourth-order valence-corrected chi connectivity index (χ4v) is 2.02. The number of aliphatic carboxylic acids is 1. The Bertz CT molecular complexity index is 417. The van der Waals surface area contributed by atoms with Crippen molar-refractivity contribution in [3.63, 3.8) is 0 Å². The average molecular weight is 267 g/mol. The second-order valence-corrected chi connectivity index (χ2v) is 4.87. The van der Waals surface area contributed by atoms with E-state index in [1.807, 2.05) is 18.4 Å². The van der Waals surface area contributed by atoms with Crippen LogP contribution < -0.4 is 0 Å². The Hall–Kier alpha value is -1.49. The van der Waals surface area contributed by atoms with Crippen LogP contribution in [0.4, 0.5) is 0 Å². The molecule has 0 bridgehead atoms. The van der Waals surface area contributed by atoms with E-state index in [2.05, 4.69) is 0 Å². The molecule has 0 fully saturated rings. The molecule has 0 aliphatic carbocycles. The van der Waals surface area contributed by atoms with Crippen LogP contribution in [0.3, 0.4) is 0 Å². The Kier molecular flexibility index (Phi) is 5.71. The highest BCUT2D eigenvalue weighted by Gasteiger charge is 2.12. The zero-order valence-corrected chi connectivity index (χ0v) is 11.4. The molecule has 0 aromatic heterocycles. The van der Waals surface area contributed by atoms with Gasteiger partial charge in [0.05, 0.1) is 6.42 Å². The molecule has 1 amide bonds.